The van der Waals surface area contributed by atoms with Crippen LogP contribution in [0.25, 0.3) is 21.9 Å². The first kappa shape index (κ1) is 18.1. The molecule has 4 aromatic rings. The number of carbonyl (C=O) groups excluding carboxylic acids is 1. The summed E-state index contributed by atoms with van der Waals surface area (Å²) in [6.45, 7) is 0.423. The molecule has 0 spiro atoms. The summed E-state index contributed by atoms with van der Waals surface area (Å²) in [6, 6.07) is 13.4. The number of rotatable bonds is 5. The van der Waals surface area contributed by atoms with Gasteiger partial charge in [-0.15, -0.1) is 0 Å². The Morgan fingerprint density at radius 3 is 2.57 bits per heavy atom. The molecular formula is C21H17F2N3O2. The van der Waals surface area contributed by atoms with Crippen LogP contribution in [0.2, 0.25) is 0 Å². The molecule has 0 saturated heterocycles. The van der Waals surface area contributed by atoms with Crippen LogP contribution in [0.3, 0.4) is 0 Å². The molecule has 4 rings (SSSR count). The summed E-state index contributed by atoms with van der Waals surface area (Å²) in [4.78, 5) is 15.4. The number of amides is 1. The molecular weight excluding hydrogens is 364 g/mol. The Morgan fingerprint density at radius 2 is 1.82 bits per heavy atom. The molecule has 2 aromatic carbocycles. The molecule has 0 fully saturated rings. The number of carbonyl (C=O) groups is 1. The number of hydrogen-bond donors (Lipinski definition) is 2. The van der Waals surface area contributed by atoms with Crippen LogP contribution in [-0.4, -0.2) is 20.7 Å². The van der Waals surface area contributed by atoms with Gasteiger partial charge in [-0.25, -0.2) is 14.3 Å². The Labute approximate surface area is 159 Å². The van der Waals surface area contributed by atoms with Gasteiger partial charge in [0, 0.05) is 25.2 Å². The number of aryl methyl sites for hydroxylation is 1. The average molecular weight is 381 g/mol. The number of aromatic nitrogens is 2. The second kappa shape index (κ2) is 7.36. The number of halogens is 2. The molecule has 0 bridgehead atoms. The van der Waals surface area contributed by atoms with Gasteiger partial charge in [0.1, 0.15) is 11.6 Å². The Hall–Kier alpha value is -3.32. The molecule has 0 unspecified atom stereocenters. The van der Waals surface area contributed by atoms with E-state index in [4.69, 9.17) is 5.21 Å². The van der Waals surface area contributed by atoms with Crippen molar-refractivity contribution in [3.8, 4) is 0 Å². The summed E-state index contributed by atoms with van der Waals surface area (Å²) in [7, 11) is 0. The van der Waals surface area contributed by atoms with Gasteiger partial charge in [0.05, 0.1) is 21.9 Å². The van der Waals surface area contributed by atoms with Crippen molar-refractivity contribution in [2.24, 2.45) is 0 Å². The number of fused-ring (bicyclic) bond motifs is 3. The van der Waals surface area contributed by atoms with E-state index in [1.54, 1.807) is 17.7 Å². The minimum Gasteiger partial charge on any atom is -0.334 e. The zero-order valence-electron chi connectivity index (χ0n) is 14.8. The van der Waals surface area contributed by atoms with E-state index in [0.29, 0.717) is 29.4 Å². The van der Waals surface area contributed by atoms with Crippen molar-refractivity contribution >= 4 is 27.8 Å². The molecule has 2 heterocycles. The van der Waals surface area contributed by atoms with Crippen LogP contribution in [0.1, 0.15) is 17.5 Å². The van der Waals surface area contributed by atoms with Crippen molar-refractivity contribution in [2.45, 2.75) is 19.4 Å². The van der Waals surface area contributed by atoms with Crippen molar-refractivity contribution in [3.05, 3.63) is 77.5 Å². The first-order chi connectivity index (χ1) is 13.6. The number of hydrogen-bond acceptors (Lipinski definition) is 3. The van der Waals surface area contributed by atoms with E-state index in [9.17, 15) is 13.6 Å². The summed E-state index contributed by atoms with van der Waals surface area (Å²) in [5.41, 5.74) is 5.19. The summed E-state index contributed by atoms with van der Waals surface area (Å²) in [6.07, 6.45) is 2.28. The standard InChI is InChI=1S/C21H17F2N3O2/c22-15-10-16(23)20-18(11-15)26(17-2-1-9-24-21(17)20)12-14-5-3-13(4-6-14)7-8-19(27)25-28/h1-6,9-11,28H,7-8,12H2,(H,25,27). The van der Waals surface area contributed by atoms with Gasteiger partial charge in [-0.3, -0.25) is 15.0 Å². The molecule has 0 atom stereocenters. The molecule has 0 saturated carbocycles. The molecule has 5 nitrogen and oxygen atoms in total. The number of pyridine rings is 1. The normalized spacial score (nSPS) is 11.2. The zero-order chi connectivity index (χ0) is 19.7. The average Bonchev–Trinajstić information content (AvgIpc) is 3.01. The maximum atomic E-state index is 14.4. The van der Waals surface area contributed by atoms with E-state index in [1.807, 2.05) is 34.9 Å². The summed E-state index contributed by atoms with van der Waals surface area (Å²) in [5.74, 6) is -1.70. The highest BCUT2D eigenvalue weighted by molar-refractivity contribution is 6.06. The fraction of sp³-hybridized carbons (Fsp3) is 0.143. The third kappa shape index (κ3) is 3.32. The fourth-order valence-corrected chi connectivity index (χ4v) is 3.42. The quantitative estimate of drug-likeness (QED) is 0.406. The van der Waals surface area contributed by atoms with Crippen molar-refractivity contribution < 1.29 is 18.8 Å². The largest absolute Gasteiger partial charge is 0.334 e. The third-order valence-electron chi connectivity index (χ3n) is 4.77. The molecule has 1 amide bonds. The second-order valence-electron chi connectivity index (χ2n) is 6.59. The molecule has 7 heteroatoms. The van der Waals surface area contributed by atoms with Gasteiger partial charge < -0.3 is 4.57 Å². The van der Waals surface area contributed by atoms with Crippen molar-refractivity contribution in [2.75, 3.05) is 0 Å². The first-order valence-electron chi connectivity index (χ1n) is 8.79. The van der Waals surface area contributed by atoms with E-state index in [-0.39, 0.29) is 6.42 Å². The van der Waals surface area contributed by atoms with Crippen LogP contribution in [-0.2, 0) is 17.8 Å². The Balaban J connectivity index is 1.70. The molecule has 0 radical (unpaired) electrons. The summed E-state index contributed by atoms with van der Waals surface area (Å²) < 4.78 is 30.1. The molecule has 2 N–H and O–H groups in total. The van der Waals surface area contributed by atoms with E-state index in [1.165, 1.54) is 6.07 Å². The molecule has 2 aromatic heterocycles. The highest BCUT2D eigenvalue weighted by Gasteiger charge is 2.16. The number of benzene rings is 2. The van der Waals surface area contributed by atoms with Gasteiger partial charge in [0.25, 0.3) is 0 Å². The summed E-state index contributed by atoms with van der Waals surface area (Å²) in [5, 5.41) is 8.86. The maximum Gasteiger partial charge on any atom is 0.243 e. The van der Waals surface area contributed by atoms with Crippen molar-refractivity contribution in [1.29, 1.82) is 0 Å². The van der Waals surface area contributed by atoms with E-state index < -0.39 is 17.5 Å². The van der Waals surface area contributed by atoms with Gasteiger partial charge in [-0.1, -0.05) is 24.3 Å². The van der Waals surface area contributed by atoms with Gasteiger partial charge >= 0.3 is 0 Å². The van der Waals surface area contributed by atoms with Crippen LogP contribution in [0, 0.1) is 11.6 Å². The van der Waals surface area contributed by atoms with Crippen molar-refractivity contribution in [1.82, 2.24) is 15.0 Å². The van der Waals surface area contributed by atoms with Gasteiger partial charge in [-0.05, 0) is 35.7 Å². The fourth-order valence-electron chi connectivity index (χ4n) is 3.42. The van der Waals surface area contributed by atoms with Crippen LogP contribution in [0.4, 0.5) is 8.78 Å². The second-order valence-corrected chi connectivity index (χ2v) is 6.59. The zero-order valence-corrected chi connectivity index (χ0v) is 14.8. The highest BCUT2D eigenvalue weighted by atomic mass is 19.1. The van der Waals surface area contributed by atoms with E-state index in [2.05, 4.69) is 4.98 Å². The van der Waals surface area contributed by atoms with E-state index in [0.717, 1.165) is 22.7 Å². The van der Waals surface area contributed by atoms with Crippen LogP contribution in [0.15, 0.2) is 54.7 Å². The molecule has 28 heavy (non-hydrogen) atoms. The Bertz CT molecular complexity index is 1170. The van der Waals surface area contributed by atoms with E-state index >= 15 is 0 Å². The lowest BCUT2D eigenvalue weighted by atomic mass is 10.1. The van der Waals surface area contributed by atoms with Crippen LogP contribution >= 0.6 is 0 Å². The number of hydroxylamine groups is 1. The van der Waals surface area contributed by atoms with Crippen LogP contribution < -0.4 is 5.48 Å². The Kier molecular flexibility index (Phi) is 4.75. The Morgan fingerprint density at radius 1 is 1.07 bits per heavy atom. The van der Waals surface area contributed by atoms with Crippen LogP contribution in [0.5, 0.6) is 0 Å². The minimum atomic E-state index is -0.633. The topological polar surface area (TPSA) is 67.2 Å². The lowest BCUT2D eigenvalue weighted by molar-refractivity contribution is -0.129. The van der Waals surface area contributed by atoms with Crippen molar-refractivity contribution in [3.63, 3.8) is 0 Å². The molecule has 0 aliphatic heterocycles. The third-order valence-corrected chi connectivity index (χ3v) is 4.77. The number of nitrogens with one attached hydrogen (secondary N) is 1. The smallest absolute Gasteiger partial charge is 0.243 e. The predicted molar refractivity (Wildman–Crippen MR) is 101 cm³/mol. The first-order valence-corrected chi connectivity index (χ1v) is 8.79. The SMILES string of the molecule is O=C(CCc1ccc(Cn2c3cccnc3c3c(F)cc(F)cc32)cc1)NO. The lowest BCUT2D eigenvalue weighted by Crippen LogP contribution is -2.18. The van der Waals surface area contributed by atoms with Gasteiger partial charge in [0.15, 0.2) is 0 Å². The predicted octanol–water partition coefficient (Wildman–Crippen LogP) is 3.95. The lowest BCUT2D eigenvalue weighted by Gasteiger charge is -2.09. The minimum absolute atomic E-state index is 0.187. The maximum absolute atomic E-state index is 14.4. The van der Waals surface area contributed by atoms with Gasteiger partial charge in [-0.2, -0.15) is 0 Å². The highest BCUT2D eigenvalue weighted by Crippen LogP contribution is 2.31. The number of nitrogens with zero attached hydrogens (tertiary/aromatic N) is 2. The summed E-state index contributed by atoms with van der Waals surface area (Å²) >= 11 is 0. The van der Waals surface area contributed by atoms with Gasteiger partial charge in [0.2, 0.25) is 5.91 Å². The monoisotopic (exact) mass is 381 g/mol. The molecule has 142 valence electrons. The molecule has 0 aliphatic carbocycles. The molecule has 0 aliphatic rings.